The van der Waals surface area contributed by atoms with Crippen LogP contribution in [0.1, 0.15) is 38.4 Å². The zero-order valence-electron chi connectivity index (χ0n) is 9.55. The Morgan fingerprint density at radius 3 is 2.80 bits per heavy atom. The summed E-state index contributed by atoms with van der Waals surface area (Å²) in [6, 6.07) is 0.326. The van der Waals surface area contributed by atoms with Gasteiger partial charge >= 0.3 is 0 Å². The van der Waals surface area contributed by atoms with E-state index >= 15 is 0 Å². The molecule has 0 saturated heterocycles. The second kappa shape index (κ2) is 3.80. The summed E-state index contributed by atoms with van der Waals surface area (Å²) in [4.78, 5) is 0. The van der Waals surface area contributed by atoms with Crippen LogP contribution < -0.4 is 5.32 Å². The first-order chi connectivity index (χ1) is 7.12. The van der Waals surface area contributed by atoms with Gasteiger partial charge in [0.05, 0.1) is 23.0 Å². The summed E-state index contributed by atoms with van der Waals surface area (Å²) >= 11 is 6.21. The molecule has 1 aromatic heterocycles. The summed E-state index contributed by atoms with van der Waals surface area (Å²) in [6.07, 6.45) is 4.28. The van der Waals surface area contributed by atoms with Crippen molar-refractivity contribution in [3.63, 3.8) is 0 Å². The maximum atomic E-state index is 6.21. The molecule has 1 heterocycles. The summed E-state index contributed by atoms with van der Waals surface area (Å²) in [5, 5.41) is 8.45. The molecule has 0 bridgehead atoms. The summed E-state index contributed by atoms with van der Waals surface area (Å²) < 4.78 is 1.99. The second-order valence-corrected chi connectivity index (χ2v) is 4.98. The van der Waals surface area contributed by atoms with Gasteiger partial charge in [0.15, 0.2) is 0 Å². The van der Waals surface area contributed by atoms with Gasteiger partial charge in [-0.15, -0.1) is 0 Å². The molecule has 15 heavy (non-hydrogen) atoms. The fraction of sp³-hybridized carbons (Fsp3) is 0.727. The third-order valence-electron chi connectivity index (χ3n) is 3.43. The summed E-state index contributed by atoms with van der Waals surface area (Å²) in [7, 11) is 2.00. The van der Waals surface area contributed by atoms with Gasteiger partial charge in [0.1, 0.15) is 0 Å². The van der Waals surface area contributed by atoms with Crippen molar-refractivity contribution in [2.75, 3.05) is 7.05 Å². The Morgan fingerprint density at radius 2 is 2.33 bits per heavy atom. The van der Waals surface area contributed by atoms with Crippen LogP contribution in [0.5, 0.6) is 0 Å². The molecule has 0 aliphatic heterocycles. The quantitative estimate of drug-likeness (QED) is 0.857. The molecule has 1 fully saturated rings. The first kappa shape index (κ1) is 11.0. The van der Waals surface area contributed by atoms with Crippen molar-refractivity contribution >= 4 is 11.6 Å². The predicted molar refractivity (Wildman–Crippen MR) is 62.1 cm³/mol. The molecular formula is C11H18ClN3. The van der Waals surface area contributed by atoms with Crippen LogP contribution in [0, 0.1) is 5.41 Å². The predicted octanol–water partition coefficient (Wildman–Crippen LogP) is 2.62. The molecule has 1 atom stereocenters. The standard InChI is InChI=1S/C11H18ClN3/c1-4-15-9(8(12)7-14-15)10(13-3)11(2)5-6-11/h7,10,13H,4-6H2,1-3H3. The molecule has 3 nitrogen and oxygen atoms in total. The molecule has 4 heteroatoms. The molecule has 2 rings (SSSR count). The molecule has 84 valence electrons. The topological polar surface area (TPSA) is 29.9 Å². The summed E-state index contributed by atoms with van der Waals surface area (Å²) in [5.74, 6) is 0. The number of nitrogens with zero attached hydrogens (tertiary/aromatic N) is 2. The minimum absolute atomic E-state index is 0.326. The minimum Gasteiger partial charge on any atom is -0.311 e. The molecule has 0 radical (unpaired) electrons. The highest BCUT2D eigenvalue weighted by molar-refractivity contribution is 6.31. The first-order valence-electron chi connectivity index (χ1n) is 5.51. The molecule has 1 aromatic rings. The zero-order valence-corrected chi connectivity index (χ0v) is 10.3. The van der Waals surface area contributed by atoms with Crippen LogP contribution in [0.15, 0.2) is 6.20 Å². The van der Waals surface area contributed by atoms with Gasteiger partial charge in [-0.1, -0.05) is 18.5 Å². The van der Waals surface area contributed by atoms with Crippen LogP contribution in [0.4, 0.5) is 0 Å². The van der Waals surface area contributed by atoms with Crippen LogP contribution in [0.25, 0.3) is 0 Å². The van der Waals surface area contributed by atoms with Gasteiger partial charge in [-0.2, -0.15) is 5.10 Å². The van der Waals surface area contributed by atoms with E-state index in [1.54, 1.807) is 6.20 Å². The number of aryl methyl sites for hydroxylation is 1. The van der Waals surface area contributed by atoms with E-state index < -0.39 is 0 Å². The van der Waals surface area contributed by atoms with Crippen molar-refractivity contribution in [3.05, 3.63) is 16.9 Å². The van der Waals surface area contributed by atoms with Crippen LogP contribution >= 0.6 is 11.6 Å². The fourth-order valence-electron chi connectivity index (χ4n) is 2.21. The molecule has 1 aliphatic carbocycles. The minimum atomic E-state index is 0.326. The van der Waals surface area contributed by atoms with Crippen molar-refractivity contribution in [2.45, 2.75) is 39.3 Å². The number of hydrogen-bond donors (Lipinski definition) is 1. The van der Waals surface area contributed by atoms with E-state index in [0.29, 0.717) is 11.5 Å². The maximum absolute atomic E-state index is 6.21. The maximum Gasteiger partial charge on any atom is 0.0834 e. The largest absolute Gasteiger partial charge is 0.311 e. The Hall–Kier alpha value is -0.540. The van der Waals surface area contributed by atoms with Crippen molar-refractivity contribution in [1.29, 1.82) is 0 Å². The van der Waals surface area contributed by atoms with Gasteiger partial charge in [-0.05, 0) is 32.2 Å². The van der Waals surface area contributed by atoms with Crippen molar-refractivity contribution in [2.24, 2.45) is 5.41 Å². The molecule has 1 saturated carbocycles. The van der Waals surface area contributed by atoms with E-state index in [4.69, 9.17) is 11.6 Å². The van der Waals surface area contributed by atoms with Gasteiger partial charge in [0.25, 0.3) is 0 Å². The van der Waals surface area contributed by atoms with Gasteiger partial charge in [0, 0.05) is 6.54 Å². The third kappa shape index (κ3) is 1.79. The van der Waals surface area contributed by atoms with Gasteiger partial charge < -0.3 is 5.32 Å². The highest BCUT2D eigenvalue weighted by atomic mass is 35.5. The normalized spacial score (nSPS) is 20.3. The number of hydrogen-bond acceptors (Lipinski definition) is 2. The molecule has 1 N–H and O–H groups in total. The van der Waals surface area contributed by atoms with Crippen LogP contribution in [0.2, 0.25) is 5.02 Å². The number of nitrogens with one attached hydrogen (secondary N) is 1. The summed E-state index contributed by atoms with van der Waals surface area (Å²) in [5.41, 5.74) is 1.51. The monoisotopic (exact) mass is 227 g/mol. The highest BCUT2D eigenvalue weighted by Gasteiger charge is 2.46. The van der Waals surface area contributed by atoms with Gasteiger partial charge in [-0.3, -0.25) is 4.68 Å². The second-order valence-electron chi connectivity index (χ2n) is 4.57. The fourth-order valence-corrected chi connectivity index (χ4v) is 2.46. The number of rotatable bonds is 4. The van der Waals surface area contributed by atoms with Crippen LogP contribution in [-0.2, 0) is 6.54 Å². The molecule has 0 spiro atoms. The SMILES string of the molecule is CCn1ncc(Cl)c1C(NC)C1(C)CC1. The van der Waals surface area contributed by atoms with Crippen molar-refractivity contribution < 1.29 is 0 Å². The average Bonchev–Trinajstić information content (AvgIpc) is 2.85. The van der Waals surface area contributed by atoms with E-state index in [1.807, 2.05) is 11.7 Å². The first-order valence-corrected chi connectivity index (χ1v) is 5.88. The number of halogens is 1. The van der Waals surface area contributed by atoms with Gasteiger partial charge in [0.2, 0.25) is 0 Å². The Balaban J connectivity index is 2.37. The lowest BCUT2D eigenvalue weighted by molar-refractivity contribution is 0.365. The van der Waals surface area contributed by atoms with Crippen LogP contribution in [0.3, 0.4) is 0 Å². The van der Waals surface area contributed by atoms with Crippen LogP contribution in [-0.4, -0.2) is 16.8 Å². The number of aromatic nitrogens is 2. The molecular weight excluding hydrogens is 210 g/mol. The zero-order chi connectivity index (χ0) is 11.1. The molecule has 0 amide bonds. The highest BCUT2D eigenvalue weighted by Crippen LogP contribution is 2.55. The molecule has 1 aliphatic rings. The Kier molecular flexibility index (Phi) is 2.77. The molecule has 0 aromatic carbocycles. The Morgan fingerprint density at radius 1 is 1.67 bits per heavy atom. The Labute approximate surface area is 95.8 Å². The molecule has 1 unspecified atom stereocenters. The average molecular weight is 228 g/mol. The lowest BCUT2D eigenvalue weighted by Gasteiger charge is -2.24. The Bertz CT molecular complexity index is 355. The smallest absolute Gasteiger partial charge is 0.0834 e. The van der Waals surface area contributed by atoms with E-state index in [1.165, 1.54) is 12.8 Å². The van der Waals surface area contributed by atoms with E-state index in [2.05, 4.69) is 24.3 Å². The third-order valence-corrected chi connectivity index (χ3v) is 3.72. The lowest BCUT2D eigenvalue weighted by Crippen LogP contribution is -2.27. The van der Waals surface area contributed by atoms with E-state index in [-0.39, 0.29) is 0 Å². The van der Waals surface area contributed by atoms with Gasteiger partial charge in [-0.25, -0.2) is 0 Å². The van der Waals surface area contributed by atoms with E-state index in [0.717, 1.165) is 17.3 Å². The lowest BCUT2D eigenvalue weighted by atomic mass is 9.96. The van der Waals surface area contributed by atoms with Crippen molar-refractivity contribution in [1.82, 2.24) is 15.1 Å². The van der Waals surface area contributed by atoms with E-state index in [9.17, 15) is 0 Å². The van der Waals surface area contributed by atoms with Crippen molar-refractivity contribution in [3.8, 4) is 0 Å². The summed E-state index contributed by atoms with van der Waals surface area (Å²) in [6.45, 7) is 5.27.